The van der Waals surface area contributed by atoms with Gasteiger partial charge in [-0.05, 0) is 32.7 Å². The average Bonchev–Trinajstić information content (AvgIpc) is 0.915. The molecule has 2 aromatic heterocycles. The second kappa shape index (κ2) is 23.0. The molecule has 9 aromatic carbocycles. The van der Waals surface area contributed by atoms with Crippen LogP contribution in [-0.2, 0) is 11.8 Å². The van der Waals surface area contributed by atoms with Crippen molar-refractivity contribution in [2.75, 3.05) is 0 Å². The number of aromatic nitrogens is 4. The molecule has 0 aliphatic heterocycles. The number of H-pyrrole nitrogens is 2. The molecule has 0 unspecified atom stereocenters. The van der Waals surface area contributed by atoms with Gasteiger partial charge in [0.25, 0.3) is 0 Å². The molecule has 2 heterocycles. The van der Waals surface area contributed by atoms with E-state index in [0.717, 1.165) is 0 Å². The van der Waals surface area contributed by atoms with Crippen molar-refractivity contribution in [2.24, 2.45) is 0 Å². The summed E-state index contributed by atoms with van der Waals surface area (Å²) < 4.78 is 548. The SMILES string of the molecule is Fc1c(-c2ccc(-c3nc4c5ccccc5c5ccccc5c4[nH]3)cc2)c(C(F)(F)C(F)(F)C(F)(F)C(F)(F)C(F)(F)C(F)(F)C(F)(F)C(F)(F)F)c(F)c(-c2ccc(-c3nc4c5ccccc5c5ccccc5c4[nH]3)cc2)c1C(F)(F)C(F)(F)C(F)(F)C(F)(F)C(F)(F)C(F)(F)C(F)(F)C(F)(F)F. The van der Waals surface area contributed by atoms with Crippen molar-refractivity contribution >= 4 is 65.2 Å². The van der Waals surface area contributed by atoms with E-state index in [-0.39, 0.29) is 92.1 Å². The third kappa shape index (κ3) is 9.83. The number of imidazole rings is 2. The zero-order valence-electron chi connectivity index (χ0n) is 49.4. The van der Waals surface area contributed by atoms with Gasteiger partial charge in [0.15, 0.2) is 0 Å². The predicted molar refractivity (Wildman–Crippen MR) is 297 cm³/mol. The van der Waals surface area contributed by atoms with E-state index < -0.39 is 163 Å². The van der Waals surface area contributed by atoms with Gasteiger partial charge in [-0.15, -0.1) is 0 Å². The van der Waals surface area contributed by atoms with Crippen LogP contribution in [0, 0.1) is 11.6 Å². The van der Waals surface area contributed by atoms with Crippen molar-refractivity contribution in [1.29, 1.82) is 0 Å². The van der Waals surface area contributed by atoms with Crippen LogP contribution < -0.4 is 0 Å². The number of benzene rings is 9. The van der Waals surface area contributed by atoms with Gasteiger partial charge in [-0.2, -0.15) is 149 Å². The number of nitrogens with one attached hydrogen (secondary N) is 2. The molecule has 554 valence electrons. The summed E-state index contributed by atoms with van der Waals surface area (Å²) in [5, 5.41) is 2.66. The van der Waals surface area contributed by atoms with Crippen molar-refractivity contribution in [3.8, 4) is 45.0 Å². The molecule has 0 saturated carbocycles. The van der Waals surface area contributed by atoms with Gasteiger partial charge < -0.3 is 9.97 Å². The minimum atomic E-state index is -9.65. The number of halogens is 36. The lowest BCUT2D eigenvalue weighted by atomic mass is 9.79. The van der Waals surface area contributed by atoms with E-state index in [0.29, 0.717) is 21.5 Å². The van der Waals surface area contributed by atoms with E-state index in [2.05, 4.69) is 19.9 Å². The lowest BCUT2D eigenvalue weighted by molar-refractivity contribution is -0.463. The van der Waals surface area contributed by atoms with Crippen LogP contribution in [0.1, 0.15) is 11.1 Å². The number of hydrogen-bond acceptors (Lipinski definition) is 2. The molecule has 0 aliphatic rings. The number of nitrogens with zero attached hydrogens (tertiary/aromatic N) is 2. The zero-order chi connectivity index (χ0) is 77.7. The first-order chi connectivity index (χ1) is 47.4. The van der Waals surface area contributed by atoms with Crippen LogP contribution in [0.15, 0.2) is 146 Å². The zero-order valence-corrected chi connectivity index (χ0v) is 49.4. The molecule has 11 rings (SSSR count). The standard InChI is InChI=1S/C64H26F36N4/c65-41-37(25-17-21-27(22-18-25)47-101-43-33-13-5-1-9-29(33)30-10-2-6-14-34(30)44(43)102-47)39(49(67,68)51(71,72)53(75,76)55(79,80)57(83,84)59(87,88)61(91,92)63(95,96)97)42(66)38(40(41)50(69,70)52(73,74)54(77,78)56(81,82)58(85,86)60(89,90)62(93,94)64(98,99)100)26-19-23-28(24-20-26)48-103-45-35-15-7-3-11-31(35)32-12-4-8-16-36(32)46(45)104-48/h1-24H,(H,101,102)(H,103,104). The van der Waals surface area contributed by atoms with Gasteiger partial charge in [-0.1, -0.05) is 146 Å². The second-order valence-electron chi connectivity index (χ2n) is 23.1. The van der Waals surface area contributed by atoms with Crippen molar-refractivity contribution in [3.63, 3.8) is 0 Å². The van der Waals surface area contributed by atoms with E-state index in [1.165, 1.54) is 97.1 Å². The predicted octanol–water partition coefficient (Wildman–Crippen LogP) is 23.9. The minimum absolute atomic E-state index is 0.00743. The van der Waals surface area contributed by atoms with Gasteiger partial charge in [0.1, 0.15) is 23.3 Å². The summed E-state index contributed by atoms with van der Waals surface area (Å²) in [5.41, 5.74) is -23.4. The first kappa shape index (κ1) is 75.6. The first-order valence-electron chi connectivity index (χ1n) is 28.1. The molecule has 40 heteroatoms. The third-order valence-electron chi connectivity index (χ3n) is 17.1. The van der Waals surface area contributed by atoms with Crippen LogP contribution in [0.3, 0.4) is 0 Å². The maximum atomic E-state index is 18.1. The second-order valence-corrected chi connectivity index (χ2v) is 23.1. The number of fused-ring (bicyclic) bond motifs is 12. The summed E-state index contributed by atoms with van der Waals surface area (Å²) in [7, 11) is 0. The molecule has 104 heavy (non-hydrogen) atoms. The highest BCUT2D eigenvalue weighted by Crippen LogP contribution is 2.69. The summed E-state index contributed by atoms with van der Waals surface area (Å²) in [6, 6.07) is 22.8. The van der Waals surface area contributed by atoms with Crippen molar-refractivity contribution in [1.82, 2.24) is 19.9 Å². The Hall–Kier alpha value is -9.56. The van der Waals surface area contributed by atoms with E-state index in [1.807, 2.05) is 0 Å². The largest absolute Gasteiger partial charge is 0.460 e. The molecule has 4 nitrogen and oxygen atoms in total. The van der Waals surface area contributed by atoms with Gasteiger partial charge >= 0.3 is 95.3 Å². The van der Waals surface area contributed by atoms with Crippen LogP contribution in [-0.4, -0.2) is 103 Å². The fourth-order valence-corrected chi connectivity index (χ4v) is 11.6. The summed E-state index contributed by atoms with van der Waals surface area (Å²) in [5.74, 6) is -140. The Morgan fingerprint density at radius 1 is 0.221 bits per heavy atom. The van der Waals surface area contributed by atoms with Gasteiger partial charge in [0.05, 0.1) is 33.2 Å². The first-order valence-corrected chi connectivity index (χ1v) is 28.1. The maximum Gasteiger partial charge on any atom is 0.460 e. The monoisotopic (exact) mass is 1530 g/mol. The van der Waals surface area contributed by atoms with Crippen LogP contribution in [0.25, 0.3) is 110 Å². The highest BCUT2D eigenvalue weighted by molar-refractivity contribution is 6.24. The topological polar surface area (TPSA) is 57.4 Å². The lowest BCUT2D eigenvalue weighted by Gasteiger charge is -2.43. The molecule has 0 spiro atoms. The Balaban J connectivity index is 1.21. The molecule has 2 N–H and O–H groups in total. The highest BCUT2D eigenvalue weighted by atomic mass is 19.4. The average molecular weight is 1530 g/mol. The molecule has 0 saturated heterocycles. The molecule has 0 aliphatic carbocycles. The van der Waals surface area contributed by atoms with Gasteiger partial charge in [-0.3, -0.25) is 0 Å². The van der Waals surface area contributed by atoms with Gasteiger partial charge in [0.2, 0.25) is 0 Å². The Bertz CT molecular complexity index is 4770. The lowest BCUT2D eigenvalue weighted by Crippen LogP contribution is -2.74. The summed E-state index contributed by atoms with van der Waals surface area (Å²) in [6.45, 7) is 0. The van der Waals surface area contributed by atoms with Gasteiger partial charge in [-0.25, -0.2) is 18.7 Å². The Morgan fingerprint density at radius 3 is 0.673 bits per heavy atom. The molecule has 0 radical (unpaired) electrons. The molecular weight excluding hydrogens is 1510 g/mol. The summed E-state index contributed by atoms with van der Waals surface area (Å²) >= 11 is 0. The molecule has 0 bridgehead atoms. The maximum absolute atomic E-state index is 18.1. The van der Waals surface area contributed by atoms with E-state index in [1.54, 1.807) is 0 Å². The number of hydrogen-bond donors (Lipinski definition) is 2. The third-order valence-corrected chi connectivity index (χ3v) is 17.1. The minimum Gasteiger partial charge on any atom is -0.337 e. The van der Waals surface area contributed by atoms with E-state index in [4.69, 9.17) is 0 Å². The molecule has 11 aromatic rings. The number of alkyl halides is 34. The Morgan fingerprint density at radius 2 is 0.423 bits per heavy atom. The molecule has 0 atom stereocenters. The fourth-order valence-electron chi connectivity index (χ4n) is 11.6. The quantitative estimate of drug-likeness (QED) is 0.0664. The molecule has 0 amide bonds. The van der Waals surface area contributed by atoms with E-state index >= 15 is 79.0 Å². The van der Waals surface area contributed by atoms with E-state index in [9.17, 15) is 79.0 Å². The Labute approximate surface area is 550 Å². The van der Waals surface area contributed by atoms with Crippen LogP contribution in [0.4, 0.5) is 158 Å². The van der Waals surface area contributed by atoms with Crippen molar-refractivity contribution in [3.05, 3.63) is 168 Å². The van der Waals surface area contributed by atoms with Crippen molar-refractivity contribution in [2.45, 2.75) is 95.3 Å². The van der Waals surface area contributed by atoms with Gasteiger partial charge in [0, 0.05) is 43.8 Å². The molecular formula is C64H26F36N4. The van der Waals surface area contributed by atoms with Crippen molar-refractivity contribution < 1.29 is 158 Å². The Kier molecular flexibility index (Phi) is 16.7. The van der Waals surface area contributed by atoms with Crippen LogP contribution >= 0.6 is 0 Å². The number of rotatable bonds is 18. The van der Waals surface area contributed by atoms with Crippen LogP contribution in [0.2, 0.25) is 0 Å². The number of aromatic amines is 2. The highest BCUT2D eigenvalue weighted by Gasteiger charge is 2.97. The van der Waals surface area contributed by atoms with Crippen LogP contribution in [0.5, 0.6) is 0 Å². The molecule has 0 fully saturated rings. The fraction of sp³-hybridized carbons (Fsp3) is 0.250. The summed E-state index contributed by atoms with van der Waals surface area (Å²) in [6.07, 6.45) is -16.7. The smallest absolute Gasteiger partial charge is 0.337 e. The normalized spacial score (nSPS) is 14.7. The summed E-state index contributed by atoms with van der Waals surface area (Å²) in [4.78, 5) is 13.9.